The van der Waals surface area contributed by atoms with Crippen LogP contribution in [0.15, 0.2) is 28.7 Å². The lowest BCUT2D eigenvalue weighted by atomic mass is 10.00. The number of fused-ring (bicyclic) bond motifs is 1. The van der Waals surface area contributed by atoms with Crippen molar-refractivity contribution in [3.8, 4) is 0 Å². The summed E-state index contributed by atoms with van der Waals surface area (Å²) in [5, 5.41) is 1.57. The fourth-order valence-electron chi connectivity index (χ4n) is 2.73. The van der Waals surface area contributed by atoms with Gasteiger partial charge in [0.2, 0.25) is 0 Å². The standard InChI is InChI=1S/C15H15ClO2/c16-12-5-6-14-11(8-12)9-15(18-14)13(17)7-10-3-1-2-4-10/h5-6,8-10H,1-4,7H2. The molecule has 94 valence electrons. The molecule has 3 rings (SSSR count). The highest BCUT2D eigenvalue weighted by Crippen LogP contribution is 2.30. The van der Waals surface area contributed by atoms with E-state index in [4.69, 9.17) is 16.0 Å². The van der Waals surface area contributed by atoms with Crippen LogP contribution in [0.5, 0.6) is 0 Å². The molecule has 0 N–H and O–H groups in total. The average molecular weight is 263 g/mol. The van der Waals surface area contributed by atoms with Gasteiger partial charge in [0.25, 0.3) is 0 Å². The van der Waals surface area contributed by atoms with Gasteiger partial charge in [-0.25, -0.2) is 0 Å². The number of hydrogen-bond acceptors (Lipinski definition) is 2. The molecule has 1 heterocycles. The third-order valence-corrected chi connectivity index (χ3v) is 3.94. The zero-order chi connectivity index (χ0) is 12.5. The molecule has 0 bridgehead atoms. The van der Waals surface area contributed by atoms with Gasteiger partial charge in [0.15, 0.2) is 11.5 Å². The summed E-state index contributed by atoms with van der Waals surface area (Å²) in [5.74, 6) is 1.14. The summed E-state index contributed by atoms with van der Waals surface area (Å²) < 4.78 is 5.59. The first-order valence-electron chi connectivity index (χ1n) is 6.45. The summed E-state index contributed by atoms with van der Waals surface area (Å²) in [5.41, 5.74) is 0.731. The van der Waals surface area contributed by atoms with Crippen molar-refractivity contribution in [1.29, 1.82) is 0 Å². The van der Waals surface area contributed by atoms with E-state index in [2.05, 4.69) is 0 Å². The van der Waals surface area contributed by atoms with E-state index in [1.807, 2.05) is 12.1 Å². The van der Waals surface area contributed by atoms with Crippen LogP contribution in [0.4, 0.5) is 0 Å². The molecule has 0 saturated heterocycles. The largest absolute Gasteiger partial charge is 0.453 e. The van der Waals surface area contributed by atoms with E-state index in [9.17, 15) is 4.79 Å². The lowest BCUT2D eigenvalue weighted by Crippen LogP contribution is -2.04. The SMILES string of the molecule is O=C(CC1CCCC1)c1cc2cc(Cl)ccc2o1. The van der Waals surface area contributed by atoms with Crippen LogP contribution in [0, 0.1) is 5.92 Å². The van der Waals surface area contributed by atoms with Crippen LogP contribution in [0.25, 0.3) is 11.0 Å². The fourth-order valence-corrected chi connectivity index (χ4v) is 2.91. The number of benzene rings is 1. The third kappa shape index (κ3) is 2.30. The molecular formula is C15H15ClO2. The Balaban J connectivity index is 1.82. The van der Waals surface area contributed by atoms with Crippen molar-refractivity contribution >= 4 is 28.4 Å². The maximum Gasteiger partial charge on any atom is 0.198 e. The average Bonchev–Trinajstić information content (AvgIpc) is 2.96. The summed E-state index contributed by atoms with van der Waals surface area (Å²) >= 11 is 5.92. The molecule has 2 aromatic rings. The number of carbonyl (C=O) groups excluding carboxylic acids is 1. The van der Waals surface area contributed by atoms with Gasteiger partial charge >= 0.3 is 0 Å². The Hall–Kier alpha value is -1.28. The molecule has 3 heteroatoms. The Labute approximate surface area is 111 Å². The van der Waals surface area contributed by atoms with Crippen LogP contribution < -0.4 is 0 Å². The number of Topliss-reactive ketones (excluding diaryl/α,β-unsaturated/α-hetero) is 1. The van der Waals surface area contributed by atoms with Crippen molar-refractivity contribution in [3.05, 3.63) is 35.0 Å². The molecule has 1 aliphatic carbocycles. The summed E-state index contributed by atoms with van der Waals surface area (Å²) in [6, 6.07) is 7.22. The quantitative estimate of drug-likeness (QED) is 0.740. The minimum Gasteiger partial charge on any atom is -0.453 e. The summed E-state index contributed by atoms with van der Waals surface area (Å²) in [4.78, 5) is 12.1. The highest BCUT2D eigenvalue weighted by Gasteiger charge is 2.21. The van der Waals surface area contributed by atoms with E-state index in [0.29, 0.717) is 23.1 Å². The van der Waals surface area contributed by atoms with Gasteiger partial charge in [0.1, 0.15) is 5.58 Å². The highest BCUT2D eigenvalue weighted by molar-refractivity contribution is 6.31. The normalized spacial score (nSPS) is 16.5. The number of furan rings is 1. The molecule has 0 aliphatic heterocycles. The Bertz CT molecular complexity index is 579. The van der Waals surface area contributed by atoms with Crippen molar-refractivity contribution in [2.24, 2.45) is 5.92 Å². The predicted octanol–water partition coefficient (Wildman–Crippen LogP) is 4.85. The van der Waals surface area contributed by atoms with E-state index in [-0.39, 0.29) is 5.78 Å². The maximum absolute atomic E-state index is 12.1. The molecule has 0 atom stereocenters. The van der Waals surface area contributed by atoms with Gasteiger partial charge in [-0.1, -0.05) is 37.3 Å². The van der Waals surface area contributed by atoms with E-state index in [1.165, 1.54) is 25.7 Å². The van der Waals surface area contributed by atoms with Crippen LogP contribution in [-0.4, -0.2) is 5.78 Å². The second-order valence-electron chi connectivity index (χ2n) is 5.07. The third-order valence-electron chi connectivity index (χ3n) is 3.70. The molecule has 1 fully saturated rings. The zero-order valence-corrected chi connectivity index (χ0v) is 10.9. The van der Waals surface area contributed by atoms with E-state index in [1.54, 1.807) is 12.1 Å². The topological polar surface area (TPSA) is 30.2 Å². The van der Waals surface area contributed by atoms with Crippen molar-refractivity contribution < 1.29 is 9.21 Å². The minimum atomic E-state index is 0.120. The molecule has 1 aliphatic rings. The van der Waals surface area contributed by atoms with Crippen LogP contribution >= 0.6 is 11.6 Å². The Morgan fingerprint density at radius 3 is 2.83 bits per heavy atom. The van der Waals surface area contributed by atoms with Gasteiger partial charge in [-0.05, 0) is 30.2 Å². The molecule has 0 unspecified atom stereocenters. The van der Waals surface area contributed by atoms with Crippen molar-refractivity contribution in [2.45, 2.75) is 32.1 Å². The number of halogens is 1. The van der Waals surface area contributed by atoms with Crippen LogP contribution in [0.1, 0.15) is 42.7 Å². The second kappa shape index (κ2) is 4.77. The number of carbonyl (C=O) groups is 1. The molecule has 1 aromatic carbocycles. The van der Waals surface area contributed by atoms with Gasteiger partial charge in [0, 0.05) is 16.8 Å². The van der Waals surface area contributed by atoms with Crippen molar-refractivity contribution in [1.82, 2.24) is 0 Å². The van der Waals surface area contributed by atoms with Crippen molar-refractivity contribution in [3.63, 3.8) is 0 Å². The lowest BCUT2D eigenvalue weighted by molar-refractivity contribution is 0.0937. The second-order valence-corrected chi connectivity index (χ2v) is 5.51. The molecule has 1 saturated carbocycles. The lowest BCUT2D eigenvalue weighted by Gasteiger charge is -2.04. The highest BCUT2D eigenvalue weighted by atomic mass is 35.5. The van der Waals surface area contributed by atoms with E-state index in [0.717, 1.165) is 11.0 Å². The van der Waals surface area contributed by atoms with Crippen LogP contribution in [-0.2, 0) is 0 Å². The molecule has 1 aromatic heterocycles. The number of rotatable bonds is 3. The maximum atomic E-state index is 12.1. The Morgan fingerprint density at radius 2 is 2.06 bits per heavy atom. The Morgan fingerprint density at radius 1 is 1.28 bits per heavy atom. The molecule has 2 nitrogen and oxygen atoms in total. The molecular weight excluding hydrogens is 248 g/mol. The van der Waals surface area contributed by atoms with E-state index >= 15 is 0 Å². The summed E-state index contributed by atoms with van der Waals surface area (Å²) in [6.07, 6.45) is 5.49. The first-order chi connectivity index (χ1) is 8.72. The molecule has 0 radical (unpaired) electrons. The van der Waals surface area contributed by atoms with Gasteiger partial charge in [-0.2, -0.15) is 0 Å². The van der Waals surface area contributed by atoms with Gasteiger partial charge in [0.05, 0.1) is 0 Å². The van der Waals surface area contributed by atoms with Crippen LogP contribution in [0.3, 0.4) is 0 Å². The molecule has 0 spiro atoms. The first-order valence-corrected chi connectivity index (χ1v) is 6.82. The fraction of sp³-hybridized carbons (Fsp3) is 0.400. The number of hydrogen-bond donors (Lipinski definition) is 0. The number of ketones is 1. The zero-order valence-electron chi connectivity index (χ0n) is 10.1. The predicted molar refractivity (Wildman–Crippen MR) is 72.1 cm³/mol. The Kier molecular flexibility index (Phi) is 3.13. The minimum absolute atomic E-state index is 0.120. The van der Waals surface area contributed by atoms with E-state index < -0.39 is 0 Å². The molecule has 0 amide bonds. The first kappa shape index (κ1) is 11.8. The van der Waals surface area contributed by atoms with Crippen molar-refractivity contribution in [2.75, 3.05) is 0 Å². The smallest absolute Gasteiger partial charge is 0.198 e. The summed E-state index contributed by atoms with van der Waals surface area (Å²) in [7, 11) is 0. The van der Waals surface area contributed by atoms with Crippen LogP contribution in [0.2, 0.25) is 5.02 Å². The van der Waals surface area contributed by atoms with Gasteiger partial charge < -0.3 is 4.42 Å². The molecule has 18 heavy (non-hydrogen) atoms. The van der Waals surface area contributed by atoms with Gasteiger partial charge in [-0.3, -0.25) is 4.79 Å². The monoisotopic (exact) mass is 262 g/mol. The van der Waals surface area contributed by atoms with Gasteiger partial charge in [-0.15, -0.1) is 0 Å². The summed E-state index contributed by atoms with van der Waals surface area (Å²) in [6.45, 7) is 0.